The molecule has 36 heavy (non-hydrogen) atoms. The summed E-state index contributed by atoms with van der Waals surface area (Å²) in [5.74, 6) is 1.21. The average Bonchev–Trinajstić information content (AvgIpc) is 3.20. The second-order valence-electron chi connectivity index (χ2n) is 10.9. The summed E-state index contributed by atoms with van der Waals surface area (Å²) in [5.41, 5.74) is 3.99. The van der Waals surface area contributed by atoms with Crippen LogP contribution in [0.1, 0.15) is 51.6 Å². The molecule has 1 aliphatic heterocycles. The van der Waals surface area contributed by atoms with Gasteiger partial charge in [0.25, 0.3) is 0 Å². The van der Waals surface area contributed by atoms with E-state index in [9.17, 15) is 4.79 Å². The highest BCUT2D eigenvalue weighted by atomic mass is 16.6. The van der Waals surface area contributed by atoms with Crippen LogP contribution in [0.25, 0.3) is 22.0 Å². The molecule has 0 unspecified atom stereocenters. The molecule has 1 fully saturated rings. The SMILES string of the molecule is COc1ccccc1-c1ccc2c(C3CCN(C(=O)OC(C)(C)C)CC3)n(CCCN(C)C)nc2c1. The molecule has 0 N–H and O–H groups in total. The first kappa shape index (κ1) is 26.0. The number of carbonyl (C=O) groups excluding carboxylic acids is 1. The minimum absolute atomic E-state index is 0.216. The van der Waals surface area contributed by atoms with Gasteiger partial charge in [-0.25, -0.2) is 4.79 Å². The number of fused-ring (bicyclic) bond motifs is 1. The highest BCUT2D eigenvalue weighted by molar-refractivity contribution is 5.88. The lowest BCUT2D eigenvalue weighted by molar-refractivity contribution is 0.0203. The lowest BCUT2D eigenvalue weighted by Gasteiger charge is -2.33. The molecule has 3 aromatic rings. The van der Waals surface area contributed by atoms with E-state index in [1.165, 1.54) is 11.1 Å². The van der Waals surface area contributed by atoms with E-state index in [1.807, 2.05) is 43.9 Å². The highest BCUT2D eigenvalue weighted by Gasteiger charge is 2.30. The van der Waals surface area contributed by atoms with Gasteiger partial charge >= 0.3 is 6.09 Å². The second-order valence-corrected chi connectivity index (χ2v) is 10.9. The number of methoxy groups -OCH3 is 1. The number of amides is 1. The quantitative estimate of drug-likeness (QED) is 0.419. The number of aromatic nitrogens is 2. The van der Waals surface area contributed by atoms with Crippen LogP contribution in [0, 0.1) is 0 Å². The molecule has 0 atom stereocenters. The Kier molecular flexibility index (Phi) is 7.88. The first-order chi connectivity index (χ1) is 17.2. The molecule has 7 heteroatoms. The van der Waals surface area contributed by atoms with Gasteiger partial charge in [0.15, 0.2) is 0 Å². The third-order valence-corrected chi connectivity index (χ3v) is 6.71. The highest BCUT2D eigenvalue weighted by Crippen LogP contribution is 2.37. The van der Waals surface area contributed by atoms with Gasteiger partial charge in [-0.05, 0) is 78.4 Å². The Balaban J connectivity index is 1.62. The predicted molar refractivity (Wildman–Crippen MR) is 145 cm³/mol. The number of carbonyl (C=O) groups is 1. The third-order valence-electron chi connectivity index (χ3n) is 6.71. The van der Waals surface area contributed by atoms with E-state index in [2.05, 4.69) is 47.9 Å². The van der Waals surface area contributed by atoms with Crippen LogP contribution in [0.3, 0.4) is 0 Å². The smallest absolute Gasteiger partial charge is 0.410 e. The summed E-state index contributed by atoms with van der Waals surface area (Å²) in [7, 11) is 5.91. The Labute approximate surface area is 215 Å². The average molecular weight is 493 g/mol. The molecule has 1 saturated heterocycles. The molecular formula is C29H40N4O3. The van der Waals surface area contributed by atoms with Gasteiger partial charge in [0.2, 0.25) is 0 Å². The molecule has 4 rings (SSSR count). The standard InChI is InChI=1S/C29H40N4O3/c1-29(2,3)36-28(34)32-18-14-21(15-19-32)27-24-13-12-22(23-10-7-8-11-26(23)35-6)20-25(24)30-33(27)17-9-16-31(4)5/h7-8,10-13,20-21H,9,14-19H2,1-6H3. The fraction of sp³-hybridized carbons (Fsp3) is 0.517. The van der Waals surface area contributed by atoms with E-state index in [-0.39, 0.29) is 6.09 Å². The number of hydrogen-bond donors (Lipinski definition) is 0. The molecule has 194 valence electrons. The van der Waals surface area contributed by atoms with Crippen molar-refractivity contribution in [2.24, 2.45) is 0 Å². The van der Waals surface area contributed by atoms with Gasteiger partial charge in [-0.1, -0.05) is 30.3 Å². The number of para-hydroxylation sites is 1. The summed E-state index contributed by atoms with van der Waals surface area (Å²) < 4.78 is 13.4. The first-order valence-corrected chi connectivity index (χ1v) is 12.9. The number of nitrogens with zero attached hydrogens (tertiary/aromatic N) is 4. The van der Waals surface area contributed by atoms with Crippen molar-refractivity contribution in [3.63, 3.8) is 0 Å². The number of benzene rings is 2. The van der Waals surface area contributed by atoms with Gasteiger partial charge in [-0.15, -0.1) is 0 Å². The molecule has 0 bridgehead atoms. The van der Waals surface area contributed by atoms with Gasteiger partial charge in [0, 0.05) is 42.2 Å². The molecule has 2 aromatic carbocycles. The minimum atomic E-state index is -0.478. The number of likely N-dealkylation sites (tertiary alicyclic amines) is 1. The molecule has 0 spiro atoms. The second kappa shape index (κ2) is 10.9. The van der Waals surface area contributed by atoms with Crippen molar-refractivity contribution in [2.75, 3.05) is 40.8 Å². The topological polar surface area (TPSA) is 59.8 Å². The maximum Gasteiger partial charge on any atom is 0.410 e. The van der Waals surface area contributed by atoms with E-state index in [4.69, 9.17) is 14.6 Å². The lowest BCUT2D eigenvalue weighted by atomic mass is 9.91. The van der Waals surface area contributed by atoms with Crippen molar-refractivity contribution in [2.45, 2.75) is 58.1 Å². The molecule has 1 amide bonds. The molecule has 0 aliphatic carbocycles. The van der Waals surface area contributed by atoms with Crippen LogP contribution in [0.5, 0.6) is 5.75 Å². The Hall–Kier alpha value is -3.06. The van der Waals surface area contributed by atoms with Crippen LogP contribution in [0.15, 0.2) is 42.5 Å². The van der Waals surface area contributed by atoms with Crippen molar-refractivity contribution in [3.8, 4) is 16.9 Å². The number of aryl methyl sites for hydroxylation is 1. The van der Waals surface area contributed by atoms with E-state index in [0.717, 1.165) is 54.7 Å². The van der Waals surface area contributed by atoms with E-state index in [0.29, 0.717) is 19.0 Å². The van der Waals surface area contributed by atoms with Gasteiger partial charge in [-0.3, -0.25) is 4.68 Å². The van der Waals surface area contributed by atoms with Crippen LogP contribution in [0.4, 0.5) is 4.79 Å². The van der Waals surface area contributed by atoms with Gasteiger partial charge in [-0.2, -0.15) is 5.10 Å². The van der Waals surface area contributed by atoms with Crippen molar-refractivity contribution in [1.82, 2.24) is 19.6 Å². The summed E-state index contributed by atoms with van der Waals surface area (Å²) in [6.07, 6.45) is 2.63. The third kappa shape index (κ3) is 6.01. The monoisotopic (exact) mass is 492 g/mol. The fourth-order valence-corrected chi connectivity index (χ4v) is 5.00. The molecule has 0 saturated carbocycles. The Morgan fingerprint density at radius 2 is 1.83 bits per heavy atom. The van der Waals surface area contributed by atoms with Gasteiger partial charge < -0.3 is 19.3 Å². The molecule has 2 heterocycles. The Morgan fingerprint density at radius 3 is 2.50 bits per heavy atom. The minimum Gasteiger partial charge on any atom is -0.496 e. The van der Waals surface area contributed by atoms with Crippen molar-refractivity contribution < 1.29 is 14.3 Å². The number of ether oxygens (including phenoxy) is 2. The molecule has 0 radical (unpaired) electrons. The van der Waals surface area contributed by atoms with Gasteiger partial charge in [0.05, 0.1) is 12.6 Å². The Morgan fingerprint density at radius 1 is 1.11 bits per heavy atom. The lowest BCUT2D eigenvalue weighted by Crippen LogP contribution is -2.41. The fourth-order valence-electron chi connectivity index (χ4n) is 5.00. The number of rotatable bonds is 7. The zero-order valence-corrected chi connectivity index (χ0v) is 22.6. The number of piperidine rings is 1. The molecule has 1 aliphatic rings. The van der Waals surface area contributed by atoms with Crippen LogP contribution < -0.4 is 4.74 Å². The first-order valence-electron chi connectivity index (χ1n) is 12.9. The van der Waals surface area contributed by atoms with Crippen LogP contribution >= 0.6 is 0 Å². The van der Waals surface area contributed by atoms with Crippen molar-refractivity contribution in [1.29, 1.82) is 0 Å². The largest absolute Gasteiger partial charge is 0.496 e. The van der Waals surface area contributed by atoms with Crippen molar-refractivity contribution >= 4 is 17.0 Å². The van der Waals surface area contributed by atoms with Crippen molar-refractivity contribution in [3.05, 3.63) is 48.2 Å². The van der Waals surface area contributed by atoms with Crippen LogP contribution in [-0.2, 0) is 11.3 Å². The number of hydrogen-bond acceptors (Lipinski definition) is 5. The van der Waals surface area contributed by atoms with E-state index < -0.39 is 5.60 Å². The molecular weight excluding hydrogens is 452 g/mol. The Bertz CT molecular complexity index is 1190. The molecule has 1 aromatic heterocycles. The van der Waals surface area contributed by atoms with Crippen LogP contribution in [0.2, 0.25) is 0 Å². The van der Waals surface area contributed by atoms with E-state index in [1.54, 1.807) is 7.11 Å². The summed E-state index contributed by atoms with van der Waals surface area (Å²) >= 11 is 0. The summed E-state index contributed by atoms with van der Waals surface area (Å²) in [6, 6.07) is 14.7. The maximum atomic E-state index is 12.6. The maximum absolute atomic E-state index is 12.6. The predicted octanol–water partition coefficient (Wildman–Crippen LogP) is 5.78. The summed E-state index contributed by atoms with van der Waals surface area (Å²) in [6.45, 7) is 9.02. The zero-order valence-electron chi connectivity index (χ0n) is 22.6. The zero-order chi connectivity index (χ0) is 25.9. The van der Waals surface area contributed by atoms with Gasteiger partial charge in [0.1, 0.15) is 11.4 Å². The van der Waals surface area contributed by atoms with E-state index >= 15 is 0 Å². The van der Waals surface area contributed by atoms with Crippen LogP contribution in [-0.4, -0.2) is 72.1 Å². The normalized spacial score (nSPS) is 15.0. The molecule has 7 nitrogen and oxygen atoms in total. The summed E-state index contributed by atoms with van der Waals surface area (Å²) in [5, 5.41) is 6.28. The summed E-state index contributed by atoms with van der Waals surface area (Å²) in [4.78, 5) is 16.6.